The van der Waals surface area contributed by atoms with Gasteiger partial charge in [0.05, 0.1) is 26.6 Å². The molecular weight excluding hydrogens is 352 g/mol. The molecule has 0 atom stereocenters. The standard InChI is InChI=1S/C18H20N4O5/c1-26-14-4-3-12(9-15(14)27-2)17(23)22-7-5-21(6-8-22)16-11-19-13(10-20-16)18(24)25/h3-4,9-11H,5-8H2,1-2H3,(H,24,25). The number of ether oxygens (including phenoxy) is 2. The van der Waals surface area contributed by atoms with Crippen LogP contribution in [0.25, 0.3) is 0 Å². The Kier molecular flexibility index (Phi) is 5.39. The van der Waals surface area contributed by atoms with E-state index < -0.39 is 5.97 Å². The number of carboxylic acid groups (broad SMARTS) is 1. The van der Waals surface area contributed by atoms with Gasteiger partial charge in [-0.2, -0.15) is 0 Å². The summed E-state index contributed by atoms with van der Waals surface area (Å²) in [7, 11) is 3.08. The molecule has 0 aliphatic carbocycles. The molecule has 1 aliphatic heterocycles. The first kappa shape index (κ1) is 18.4. The van der Waals surface area contributed by atoms with E-state index in [0.29, 0.717) is 49.1 Å². The van der Waals surface area contributed by atoms with Crippen molar-refractivity contribution in [3.63, 3.8) is 0 Å². The van der Waals surface area contributed by atoms with Gasteiger partial charge in [-0.3, -0.25) is 4.79 Å². The molecule has 2 heterocycles. The van der Waals surface area contributed by atoms with Gasteiger partial charge in [0.15, 0.2) is 17.2 Å². The monoisotopic (exact) mass is 372 g/mol. The number of methoxy groups -OCH3 is 2. The lowest BCUT2D eigenvalue weighted by atomic mass is 10.1. The van der Waals surface area contributed by atoms with Gasteiger partial charge in [0.1, 0.15) is 5.82 Å². The van der Waals surface area contributed by atoms with Crippen LogP contribution in [-0.4, -0.2) is 72.2 Å². The average molecular weight is 372 g/mol. The van der Waals surface area contributed by atoms with Crippen molar-refractivity contribution < 1.29 is 24.2 Å². The highest BCUT2D eigenvalue weighted by molar-refractivity contribution is 5.95. The van der Waals surface area contributed by atoms with Gasteiger partial charge in [-0.15, -0.1) is 0 Å². The minimum atomic E-state index is -1.11. The van der Waals surface area contributed by atoms with Crippen LogP contribution >= 0.6 is 0 Å². The molecule has 1 fully saturated rings. The number of amides is 1. The molecule has 1 aromatic carbocycles. The highest BCUT2D eigenvalue weighted by Gasteiger charge is 2.24. The first-order valence-corrected chi connectivity index (χ1v) is 8.35. The molecule has 0 unspecified atom stereocenters. The van der Waals surface area contributed by atoms with E-state index in [2.05, 4.69) is 9.97 Å². The topological polar surface area (TPSA) is 105 Å². The van der Waals surface area contributed by atoms with Gasteiger partial charge in [-0.05, 0) is 18.2 Å². The predicted octanol–water partition coefficient (Wildman–Crippen LogP) is 1.15. The van der Waals surface area contributed by atoms with Crippen molar-refractivity contribution in [1.29, 1.82) is 0 Å². The number of nitrogens with zero attached hydrogens (tertiary/aromatic N) is 4. The van der Waals surface area contributed by atoms with Crippen LogP contribution in [0.4, 0.5) is 5.82 Å². The third-order valence-corrected chi connectivity index (χ3v) is 4.38. The summed E-state index contributed by atoms with van der Waals surface area (Å²) in [5.74, 6) is 0.485. The average Bonchev–Trinajstić information content (AvgIpc) is 2.72. The van der Waals surface area contributed by atoms with Crippen LogP contribution in [0, 0.1) is 0 Å². The fourth-order valence-corrected chi connectivity index (χ4v) is 2.89. The predicted molar refractivity (Wildman–Crippen MR) is 96.7 cm³/mol. The van der Waals surface area contributed by atoms with E-state index in [1.807, 2.05) is 4.90 Å². The lowest BCUT2D eigenvalue weighted by Gasteiger charge is -2.35. The molecule has 1 aromatic heterocycles. The van der Waals surface area contributed by atoms with E-state index in [9.17, 15) is 9.59 Å². The molecule has 0 radical (unpaired) electrons. The number of rotatable bonds is 5. The van der Waals surface area contributed by atoms with Crippen molar-refractivity contribution in [2.24, 2.45) is 0 Å². The number of carbonyl (C=O) groups is 2. The maximum atomic E-state index is 12.7. The van der Waals surface area contributed by atoms with Crippen LogP contribution in [0.1, 0.15) is 20.8 Å². The Bertz CT molecular complexity index is 832. The molecule has 0 saturated carbocycles. The van der Waals surface area contributed by atoms with E-state index in [4.69, 9.17) is 14.6 Å². The molecule has 1 N–H and O–H groups in total. The Morgan fingerprint density at radius 3 is 2.26 bits per heavy atom. The lowest BCUT2D eigenvalue weighted by molar-refractivity contribution is 0.0688. The third-order valence-electron chi connectivity index (χ3n) is 4.38. The minimum Gasteiger partial charge on any atom is -0.493 e. The Hall–Kier alpha value is -3.36. The SMILES string of the molecule is COc1ccc(C(=O)N2CCN(c3cnc(C(=O)O)cn3)CC2)cc1OC. The van der Waals surface area contributed by atoms with Crippen LogP contribution in [0.3, 0.4) is 0 Å². The van der Waals surface area contributed by atoms with Gasteiger partial charge in [-0.1, -0.05) is 0 Å². The van der Waals surface area contributed by atoms with Crippen molar-refractivity contribution in [2.45, 2.75) is 0 Å². The van der Waals surface area contributed by atoms with Gasteiger partial charge < -0.3 is 24.4 Å². The van der Waals surface area contributed by atoms with E-state index in [1.165, 1.54) is 19.5 Å². The maximum absolute atomic E-state index is 12.7. The fourth-order valence-electron chi connectivity index (χ4n) is 2.89. The van der Waals surface area contributed by atoms with Crippen LogP contribution in [-0.2, 0) is 0 Å². The number of hydrogen-bond acceptors (Lipinski definition) is 7. The summed E-state index contributed by atoms with van der Waals surface area (Å²) in [6, 6.07) is 5.09. The fraction of sp³-hybridized carbons (Fsp3) is 0.333. The number of aromatic carboxylic acids is 1. The van der Waals surface area contributed by atoms with Crippen molar-refractivity contribution in [1.82, 2.24) is 14.9 Å². The zero-order valence-electron chi connectivity index (χ0n) is 15.1. The van der Waals surface area contributed by atoms with Gasteiger partial charge in [0.2, 0.25) is 0 Å². The van der Waals surface area contributed by atoms with Crippen LogP contribution < -0.4 is 14.4 Å². The molecule has 1 aliphatic rings. The van der Waals surface area contributed by atoms with Gasteiger partial charge in [0, 0.05) is 31.7 Å². The molecule has 9 heteroatoms. The number of anilines is 1. The van der Waals surface area contributed by atoms with Crippen molar-refractivity contribution >= 4 is 17.7 Å². The molecule has 9 nitrogen and oxygen atoms in total. The van der Waals surface area contributed by atoms with Gasteiger partial charge in [0.25, 0.3) is 5.91 Å². The highest BCUT2D eigenvalue weighted by atomic mass is 16.5. The zero-order valence-corrected chi connectivity index (χ0v) is 15.1. The first-order chi connectivity index (χ1) is 13.0. The number of hydrogen-bond donors (Lipinski definition) is 1. The molecule has 3 rings (SSSR count). The zero-order chi connectivity index (χ0) is 19.4. The minimum absolute atomic E-state index is 0.0806. The Morgan fingerprint density at radius 2 is 1.70 bits per heavy atom. The summed E-state index contributed by atoms with van der Waals surface area (Å²) in [6.07, 6.45) is 2.67. The van der Waals surface area contributed by atoms with E-state index in [-0.39, 0.29) is 11.6 Å². The van der Waals surface area contributed by atoms with Crippen molar-refractivity contribution in [3.05, 3.63) is 41.9 Å². The van der Waals surface area contributed by atoms with Crippen LogP contribution in [0.15, 0.2) is 30.6 Å². The second kappa shape index (κ2) is 7.90. The summed E-state index contributed by atoms with van der Waals surface area (Å²) in [5.41, 5.74) is 0.438. The summed E-state index contributed by atoms with van der Waals surface area (Å²) in [6.45, 7) is 2.21. The second-order valence-corrected chi connectivity index (χ2v) is 5.91. The van der Waals surface area contributed by atoms with Crippen molar-refractivity contribution in [2.75, 3.05) is 45.3 Å². The molecule has 142 valence electrons. The van der Waals surface area contributed by atoms with Gasteiger partial charge >= 0.3 is 5.97 Å². The Balaban J connectivity index is 1.64. The maximum Gasteiger partial charge on any atom is 0.356 e. The smallest absolute Gasteiger partial charge is 0.356 e. The molecule has 27 heavy (non-hydrogen) atoms. The summed E-state index contributed by atoms with van der Waals surface area (Å²) < 4.78 is 10.5. The molecule has 0 bridgehead atoms. The Morgan fingerprint density at radius 1 is 1.00 bits per heavy atom. The van der Waals surface area contributed by atoms with E-state index >= 15 is 0 Å². The van der Waals surface area contributed by atoms with E-state index in [0.717, 1.165) is 0 Å². The van der Waals surface area contributed by atoms with Crippen LogP contribution in [0.2, 0.25) is 0 Å². The largest absolute Gasteiger partial charge is 0.493 e. The summed E-state index contributed by atoms with van der Waals surface area (Å²) in [4.78, 5) is 35.4. The number of carboxylic acids is 1. The first-order valence-electron chi connectivity index (χ1n) is 8.35. The van der Waals surface area contributed by atoms with Gasteiger partial charge in [-0.25, -0.2) is 14.8 Å². The second-order valence-electron chi connectivity index (χ2n) is 5.91. The lowest BCUT2D eigenvalue weighted by Crippen LogP contribution is -2.49. The van der Waals surface area contributed by atoms with Crippen molar-refractivity contribution in [3.8, 4) is 11.5 Å². The normalized spacial score (nSPS) is 14.0. The van der Waals surface area contributed by atoms with Crippen LogP contribution in [0.5, 0.6) is 11.5 Å². The quantitative estimate of drug-likeness (QED) is 0.833. The summed E-state index contributed by atoms with van der Waals surface area (Å²) >= 11 is 0. The molecule has 1 saturated heterocycles. The summed E-state index contributed by atoms with van der Waals surface area (Å²) in [5, 5.41) is 8.88. The molecule has 1 amide bonds. The number of aromatic nitrogens is 2. The third kappa shape index (κ3) is 3.91. The van der Waals surface area contributed by atoms with E-state index in [1.54, 1.807) is 30.2 Å². The number of carbonyl (C=O) groups excluding carboxylic acids is 1. The Labute approximate surface area is 156 Å². The number of benzene rings is 1. The number of piperazine rings is 1. The molecule has 0 spiro atoms. The molecular formula is C18H20N4O5. The highest BCUT2D eigenvalue weighted by Crippen LogP contribution is 2.28. The molecule has 2 aromatic rings.